The number of hydrogen-bond donors (Lipinski definition) is 2. The van der Waals surface area contributed by atoms with Crippen LogP contribution >= 0.6 is 0 Å². The zero-order chi connectivity index (χ0) is 20.9. The molecule has 3 rings (SSSR count). The zero-order valence-corrected chi connectivity index (χ0v) is 17.0. The van der Waals surface area contributed by atoms with Gasteiger partial charge < -0.3 is 15.4 Å². The SMILES string of the molecule is C=CC(=O)NC1CN(S(=O)(=O)c2ccc(C(=O)NCCN3CCOCC3)cc2)C1. The molecule has 2 aliphatic rings. The number of rotatable bonds is 8. The van der Waals surface area contributed by atoms with Gasteiger partial charge in [-0.2, -0.15) is 4.31 Å². The van der Waals surface area contributed by atoms with Gasteiger partial charge in [-0.3, -0.25) is 14.5 Å². The Labute approximate surface area is 170 Å². The first-order valence-electron chi connectivity index (χ1n) is 9.51. The van der Waals surface area contributed by atoms with Gasteiger partial charge >= 0.3 is 0 Å². The van der Waals surface area contributed by atoms with Crippen molar-refractivity contribution in [1.29, 1.82) is 0 Å². The molecule has 10 heteroatoms. The molecule has 1 aromatic carbocycles. The molecular weight excluding hydrogens is 396 g/mol. The van der Waals surface area contributed by atoms with E-state index in [-0.39, 0.29) is 35.8 Å². The summed E-state index contributed by atoms with van der Waals surface area (Å²) in [6.45, 7) is 8.20. The normalized spacial score (nSPS) is 18.6. The van der Waals surface area contributed by atoms with Gasteiger partial charge in [-0.1, -0.05) is 6.58 Å². The third kappa shape index (κ3) is 5.41. The van der Waals surface area contributed by atoms with Gasteiger partial charge in [-0.15, -0.1) is 0 Å². The summed E-state index contributed by atoms with van der Waals surface area (Å²) in [5, 5.41) is 5.51. The van der Waals surface area contributed by atoms with E-state index in [9.17, 15) is 18.0 Å². The largest absolute Gasteiger partial charge is 0.379 e. The third-order valence-corrected chi connectivity index (χ3v) is 6.80. The maximum atomic E-state index is 12.6. The minimum atomic E-state index is -3.65. The summed E-state index contributed by atoms with van der Waals surface area (Å²) in [7, 11) is -3.65. The van der Waals surface area contributed by atoms with E-state index in [1.165, 1.54) is 28.6 Å². The maximum absolute atomic E-state index is 12.6. The third-order valence-electron chi connectivity index (χ3n) is 4.95. The predicted molar refractivity (Wildman–Crippen MR) is 107 cm³/mol. The van der Waals surface area contributed by atoms with Crippen molar-refractivity contribution in [3.05, 3.63) is 42.5 Å². The molecule has 9 nitrogen and oxygen atoms in total. The number of carbonyl (C=O) groups is 2. The fraction of sp³-hybridized carbons (Fsp3) is 0.474. The number of morpholine rings is 1. The molecule has 2 fully saturated rings. The second kappa shape index (κ2) is 9.49. The zero-order valence-electron chi connectivity index (χ0n) is 16.2. The Balaban J connectivity index is 1.49. The van der Waals surface area contributed by atoms with Gasteiger partial charge in [0.2, 0.25) is 15.9 Å². The number of sulfonamides is 1. The van der Waals surface area contributed by atoms with Crippen LogP contribution in [0.2, 0.25) is 0 Å². The molecule has 0 radical (unpaired) electrons. The van der Waals surface area contributed by atoms with Gasteiger partial charge in [0, 0.05) is 44.8 Å². The number of benzene rings is 1. The monoisotopic (exact) mass is 422 g/mol. The van der Waals surface area contributed by atoms with Gasteiger partial charge in [0.05, 0.1) is 24.2 Å². The molecular formula is C19H26N4O5S. The quantitative estimate of drug-likeness (QED) is 0.543. The second-order valence-corrected chi connectivity index (χ2v) is 8.90. The van der Waals surface area contributed by atoms with Crippen molar-refractivity contribution < 1.29 is 22.7 Å². The summed E-state index contributed by atoms with van der Waals surface area (Å²) >= 11 is 0. The Kier molecular flexibility index (Phi) is 7.01. The van der Waals surface area contributed by atoms with Crippen LogP contribution in [0.5, 0.6) is 0 Å². The van der Waals surface area contributed by atoms with Gasteiger partial charge in [-0.05, 0) is 30.3 Å². The lowest BCUT2D eigenvalue weighted by molar-refractivity contribution is -0.117. The highest BCUT2D eigenvalue weighted by molar-refractivity contribution is 7.89. The second-order valence-electron chi connectivity index (χ2n) is 6.97. The van der Waals surface area contributed by atoms with Crippen molar-refractivity contribution >= 4 is 21.8 Å². The lowest BCUT2D eigenvalue weighted by Gasteiger charge is -2.38. The number of amides is 2. The van der Waals surface area contributed by atoms with Gasteiger partial charge in [0.1, 0.15) is 0 Å². The van der Waals surface area contributed by atoms with E-state index in [1.54, 1.807) is 0 Å². The number of carbonyl (C=O) groups excluding carboxylic acids is 2. The molecule has 2 amide bonds. The Bertz CT molecular complexity index is 844. The molecule has 158 valence electrons. The van der Waals surface area contributed by atoms with Crippen molar-refractivity contribution in [1.82, 2.24) is 19.8 Å². The Morgan fingerprint density at radius 2 is 1.83 bits per heavy atom. The molecule has 1 aromatic rings. The molecule has 0 aliphatic carbocycles. The summed E-state index contributed by atoms with van der Waals surface area (Å²) in [5.74, 6) is -0.561. The maximum Gasteiger partial charge on any atom is 0.251 e. The topological polar surface area (TPSA) is 108 Å². The highest BCUT2D eigenvalue weighted by Crippen LogP contribution is 2.22. The number of nitrogens with one attached hydrogen (secondary N) is 2. The highest BCUT2D eigenvalue weighted by Gasteiger charge is 2.37. The van der Waals surface area contributed by atoms with Gasteiger partial charge in [0.25, 0.3) is 5.91 Å². The molecule has 2 saturated heterocycles. The first-order valence-corrected chi connectivity index (χ1v) is 11.0. The molecule has 29 heavy (non-hydrogen) atoms. The van der Waals surface area contributed by atoms with Crippen molar-refractivity contribution in [2.24, 2.45) is 0 Å². The highest BCUT2D eigenvalue weighted by atomic mass is 32.2. The molecule has 2 heterocycles. The van der Waals surface area contributed by atoms with E-state index in [0.29, 0.717) is 25.3 Å². The lowest BCUT2D eigenvalue weighted by Crippen LogP contribution is -2.60. The predicted octanol–water partition coefficient (Wildman–Crippen LogP) is -0.576. The summed E-state index contributed by atoms with van der Waals surface area (Å²) in [6, 6.07) is 5.66. The van der Waals surface area contributed by atoms with Crippen LogP contribution in [0.4, 0.5) is 0 Å². The van der Waals surface area contributed by atoms with E-state index in [2.05, 4.69) is 22.1 Å². The Hall–Kier alpha value is -2.27. The molecule has 0 aromatic heterocycles. The van der Waals surface area contributed by atoms with Crippen LogP contribution in [-0.2, 0) is 19.6 Å². The summed E-state index contributed by atoms with van der Waals surface area (Å²) in [4.78, 5) is 25.9. The van der Waals surface area contributed by atoms with Crippen LogP contribution in [0.1, 0.15) is 10.4 Å². The van der Waals surface area contributed by atoms with Crippen molar-refractivity contribution in [2.45, 2.75) is 10.9 Å². The van der Waals surface area contributed by atoms with E-state index in [1.807, 2.05) is 0 Å². The smallest absolute Gasteiger partial charge is 0.251 e. The minimum Gasteiger partial charge on any atom is -0.379 e. The van der Waals surface area contributed by atoms with Crippen molar-refractivity contribution in [3.63, 3.8) is 0 Å². The fourth-order valence-electron chi connectivity index (χ4n) is 3.17. The average molecular weight is 423 g/mol. The molecule has 0 atom stereocenters. The first kappa shape index (κ1) is 21.4. The van der Waals surface area contributed by atoms with Gasteiger partial charge in [-0.25, -0.2) is 8.42 Å². The Morgan fingerprint density at radius 3 is 2.45 bits per heavy atom. The summed E-state index contributed by atoms with van der Waals surface area (Å²) < 4.78 is 31.8. The van der Waals surface area contributed by atoms with Crippen LogP contribution < -0.4 is 10.6 Å². The first-order chi connectivity index (χ1) is 13.9. The molecule has 0 saturated carbocycles. The van der Waals surface area contributed by atoms with E-state index < -0.39 is 10.0 Å². The average Bonchev–Trinajstić information content (AvgIpc) is 2.70. The summed E-state index contributed by atoms with van der Waals surface area (Å²) in [6.07, 6.45) is 1.15. The lowest BCUT2D eigenvalue weighted by atomic mass is 10.2. The molecule has 2 N–H and O–H groups in total. The number of hydrogen-bond acceptors (Lipinski definition) is 6. The van der Waals surface area contributed by atoms with Crippen LogP contribution in [0.3, 0.4) is 0 Å². The molecule has 0 spiro atoms. The van der Waals surface area contributed by atoms with Crippen LogP contribution in [0.25, 0.3) is 0 Å². The molecule has 0 bridgehead atoms. The summed E-state index contributed by atoms with van der Waals surface area (Å²) in [5.41, 5.74) is 0.408. The number of nitrogens with zero attached hydrogens (tertiary/aromatic N) is 2. The Morgan fingerprint density at radius 1 is 1.17 bits per heavy atom. The van der Waals surface area contributed by atoms with Crippen LogP contribution in [0.15, 0.2) is 41.8 Å². The van der Waals surface area contributed by atoms with E-state index in [4.69, 9.17) is 4.74 Å². The van der Waals surface area contributed by atoms with Crippen LogP contribution in [0, 0.1) is 0 Å². The van der Waals surface area contributed by atoms with Gasteiger partial charge in [0.15, 0.2) is 0 Å². The van der Waals surface area contributed by atoms with E-state index in [0.717, 1.165) is 25.7 Å². The molecule has 2 aliphatic heterocycles. The molecule has 0 unspecified atom stereocenters. The van der Waals surface area contributed by atoms with Crippen LogP contribution in [-0.4, -0.2) is 88.0 Å². The fourth-order valence-corrected chi connectivity index (χ4v) is 4.70. The van der Waals surface area contributed by atoms with Crippen molar-refractivity contribution in [3.8, 4) is 0 Å². The minimum absolute atomic E-state index is 0.121. The van der Waals surface area contributed by atoms with Crippen molar-refractivity contribution in [2.75, 3.05) is 52.5 Å². The number of ether oxygens (including phenoxy) is 1. The standard InChI is InChI=1S/C19H26N4O5S/c1-2-18(24)21-16-13-23(14-16)29(26,27)17-5-3-15(4-6-17)19(25)20-7-8-22-9-11-28-12-10-22/h2-6,16H,1,7-14H2,(H,20,25)(H,21,24). The van der Waals surface area contributed by atoms with E-state index >= 15 is 0 Å².